The molecule has 0 aliphatic rings. The molecule has 0 saturated carbocycles. The third kappa shape index (κ3) is 4.08. The molecule has 0 spiro atoms. The first kappa shape index (κ1) is 19.4. The lowest BCUT2D eigenvalue weighted by Gasteiger charge is -2.16. The van der Waals surface area contributed by atoms with Gasteiger partial charge in [0.1, 0.15) is 6.54 Å². The molecule has 0 radical (unpaired) electrons. The van der Waals surface area contributed by atoms with Crippen molar-refractivity contribution in [3.8, 4) is 21.7 Å². The zero-order valence-corrected chi connectivity index (χ0v) is 16.5. The maximum atomic E-state index is 13.2. The van der Waals surface area contributed by atoms with Crippen LogP contribution in [0.5, 0.6) is 0 Å². The van der Waals surface area contributed by atoms with Crippen molar-refractivity contribution in [3.63, 3.8) is 0 Å². The molecule has 4 rings (SSSR count). The molecular weight excluding hydrogens is 400 g/mol. The Morgan fingerprint density at radius 1 is 0.867 bits per heavy atom. The van der Waals surface area contributed by atoms with Gasteiger partial charge in [-0.15, -0.1) is 11.3 Å². The summed E-state index contributed by atoms with van der Waals surface area (Å²) in [4.78, 5) is 39.1. The number of aliphatic carboxylic acids is 1. The highest BCUT2D eigenvalue weighted by Gasteiger charge is 2.27. The number of carbonyl (C=O) groups excluding carboxylic acids is 1. The summed E-state index contributed by atoms with van der Waals surface area (Å²) >= 11 is 1.21. The molecule has 30 heavy (non-hydrogen) atoms. The quantitative estimate of drug-likeness (QED) is 0.510. The van der Waals surface area contributed by atoms with E-state index >= 15 is 0 Å². The van der Waals surface area contributed by atoms with E-state index in [4.69, 9.17) is 0 Å². The van der Waals surface area contributed by atoms with Crippen LogP contribution in [-0.2, 0) is 4.79 Å². The van der Waals surface area contributed by atoms with Crippen molar-refractivity contribution in [3.05, 3.63) is 84.1 Å². The Bertz CT molecular complexity index is 1110. The molecule has 2 aromatic heterocycles. The van der Waals surface area contributed by atoms with Crippen LogP contribution in [0.3, 0.4) is 0 Å². The van der Waals surface area contributed by atoms with Gasteiger partial charge in [-0.1, -0.05) is 60.7 Å². The van der Waals surface area contributed by atoms with Crippen LogP contribution in [0, 0.1) is 0 Å². The molecule has 7 nitrogen and oxygen atoms in total. The average Bonchev–Trinajstić information content (AvgIpc) is 3.24. The Morgan fingerprint density at radius 2 is 1.47 bits per heavy atom. The molecule has 0 bridgehead atoms. The minimum absolute atomic E-state index is 0.0163. The summed E-state index contributed by atoms with van der Waals surface area (Å²) in [7, 11) is 0. The number of thiazole rings is 1. The Kier molecular flexibility index (Phi) is 5.58. The van der Waals surface area contributed by atoms with Crippen molar-refractivity contribution in [1.29, 1.82) is 0 Å². The molecule has 0 aliphatic carbocycles. The number of hydrogen-bond donors (Lipinski definition) is 1. The van der Waals surface area contributed by atoms with Crippen LogP contribution in [0.2, 0.25) is 0 Å². The van der Waals surface area contributed by atoms with E-state index in [9.17, 15) is 14.7 Å². The number of amides is 1. The van der Waals surface area contributed by atoms with Crippen LogP contribution >= 0.6 is 11.3 Å². The van der Waals surface area contributed by atoms with Crippen LogP contribution in [0.4, 0.5) is 5.95 Å². The fourth-order valence-corrected chi connectivity index (χ4v) is 3.95. The summed E-state index contributed by atoms with van der Waals surface area (Å²) in [5, 5.41) is 9.46. The molecule has 1 N–H and O–H groups in total. The van der Waals surface area contributed by atoms with Gasteiger partial charge < -0.3 is 5.11 Å². The second-order valence-corrected chi connectivity index (χ2v) is 7.26. The van der Waals surface area contributed by atoms with Crippen LogP contribution in [0.25, 0.3) is 21.7 Å². The van der Waals surface area contributed by atoms with E-state index in [-0.39, 0.29) is 11.0 Å². The van der Waals surface area contributed by atoms with E-state index in [0.29, 0.717) is 5.69 Å². The largest absolute Gasteiger partial charge is 0.480 e. The van der Waals surface area contributed by atoms with Gasteiger partial charge in [-0.2, -0.15) is 0 Å². The molecule has 0 saturated heterocycles. The molecule has 1 amide bonds. The van der Waals surface area contributed by atoms with Crippen molar-refractivity contribution in [1.82, 2.24) is 15.0 Å². The molecule has 0 fully saturated rings. The average molecular weight is 416 g/mol. The number of anilines is 1. The third-order valence-electron chi connectivity index (χ3n) is 4.23. The molecule has 148 valence electrons. The first-order valence-electron chi connectivity index (χ1n) is 9.06. The number of carbonyl (C=O) groups is 2. The summed E-state index contributed by atoms with van der Waals surface area (Å²) in [5.74, 6) is -1.71. The summed E-state index contributed by atoms with van der Waals surface area (Å²) < 4.78 is 0. The van der Waals surface area contributed by atoms with Gasteiger partial charge in [0.15, 0.2) is 5.01 Å². The van der Waals surface area contributed by atoms with Gasteiger partial charge in [0.05, 0.1) is 10.6 Å². The molecule has 8 heteroatoms. The third-order valence-corrected chi connectivity index (χ3v) is 5.32. The first-order valence-corrected chi connectivity index (χ1v) is 9.87. The topological polar surface area (TPSA) is 96.3 Å². The van der Waals surface area contributed by atoms with Gasteiger partial charge in [0.2, 0.25) is 5.95 Å². The Morgan fingerprint density at radius 3 is 2.07 bits per heavy atom. The predicted octanol–water partition coefficient (Wildman–Crippen LogP) is 4.00. The zero-order valence-electron chi connectivity index (χ0n) is 15.7. The highest BCUT2D eigenvalue weighted by Crippen LogP contribution is 2.37. The van der Waals surface area contributed by atoms with E-state index in [2.05, 4.69) is 15.0 Å². The van der Waals surface area contributed by atoms with Crippen LogP contribution in [-0.4, -0.2) is 38.5 Å². The van der Waals surface area contributed by atoms with E-state index < -0.39 is 18.4 Å². The fraction of sp³-hybridized carbons (Fsp3) is 0.0455. The van der Waals surface area contributed by atoms with Crippen LogP contribution in [0.15, 0.2) is 79.1 Å². The molecule has 0 atom stereocenters. The van der Waals surface area contributed by atoms with Gasteiger partial charge in [-0.25, -0.2) is 15.0 Å². The van der Waals surface area contributed by atoms with Crippen molar-refractivity contribution in [2.24, 2.45) is 0 Å². The van der Waals surface area contributed by atoms with Crippen LogP contribution in [0.1, 0.15) is 9.80 Å². The minimum atomic E-state index is -1.17. The van der Waals surface area contributed by atoms with Gasteiger partial charge in [-0.05, 0) is 11.6 Å². The van der Waals surface area contributed by atoms with Gasteiger partial charge >= 0.3 is 5.97 Å². The van der Waals surface area contributed by atoms with Gasteiger partial charge in [0, 0.05) is 18.0 Å². The predicted molar refractivity (Wildman–Crippen MR) is 114 cm³/mol. The van der Waals surface area contributed by atoms with Crippen molar-refractivity contribution >= 4 is 29.2 Å². The number of hydrogen-bond acceptors (Lipinski definition) is 6. The smallest absolute Gasteiger partial charge is 0.323 e. The molecule has 0 unspecified atom stereocenters. The normalized spacial score (nSPS) is 10.5. The van der Waals surface area contributed by atoms with E-state index in [1.54, 1.807) is 6.07 Å². The minimum Gasteiger partial charge on any atom is -0.480 e. The molecule has 2 aromatic carbocycles. The number of nitrogens with zero attached hydrogens (tertiary/aromatic N) is 4. The summed E-state index contributed by atoms with van der Waals surface area (Å²) in [6.45, 7) is -0.566. The van der Waals surface area contributed by atoms with E-state index in [1.165, 1.54) is 23.7 Å². The van der Waals surface area contributed by atoms with Crippen molar-refractivity contribution in [2.75, 3.05) is 11.4 Å². The fourth-order valence-electron chi connectivity index (χ4n) is 2.90. The monoisotopic (exact) mass is 416 g/mol. The summed E-state index contributed by atoms with van der Waals surface area (Å²) in [6.07, 6.45) is 2.91. The summed E-state index contributed by atoms with van der Waals surface area (Å²) in [5.41, 5.74) is 2.46. The van der Waals surface area contributed by atoms with Gasteiger partial charge in [-0.3, -0.25) is 14.5 Å². The highest BCUT2D eigenvalue weighted by molar-refractivity contribution is 7.17. The molecule has 2 heterocycles. The second kappa shape index (κ2) is 8.62. The van der Waals surface area contributed by atoms with Crippen molar-refractivity contribution < 1.29 is 14.7 Å². The Labute approximate surface area is 176 Å². The van der Waals surface area contributed by atoms with Crippen molar-refractivity contribution in [2.45, 2.75) is 0 Å². The SMILES string of the molecule is O=C(O)CN(C(=O)c1nc(-c2ccccc2)c(-c2ccccc2)s1)c1ncccn1. The number of carboxylic acid groups (broad SMARTS) is 1. The lowest BCUT2D eigenvalue weighted by atomic mass is 10.1. The summed E-state index contributed by atoms with van der Waals surface area (Å²) in [6, 6.07) is 20.8. The maximum Gasteiger partial charge on any atom is 0.323 e. The Balaban J connectivity index is 1.81. The van der Waals surface area contributed by atoms with Gasteiger partial charge in [0.25, 0.3) is 5.91 Å². The first-order chi connectivity index (χ1) is 14.6. The number of aromatic nitrogens is 3. The molecule has 0 aliphatic heterocycles. The van der Waals surface area contributed by atoms with E-state index in [0.717, 1.165) is 20.9 Å². The lowest BCUT2D eigenvalue weighted by molar-refractivity contribution is -0.135. The highest BCUT2D eigenvalue weighted by atomic mass is 32.1. The molecule has 4 aromatic rings. The Hall–Kier alpha value is -3.91. The standard InChI is InChI=1S/C22H16N4O3S/c27-17(28)14-26(22-23-12-7-13-24-22)21(29)20-25-18(15-8-3-1-4-9-15)19(30-20)16-10-5-2-6-11-16/h1-13H,14H2,(H,27,28). The maximum absolute atomic E-state index is 13.2. The number of benzene rings is 2. The van der Waals surface area contributed by atoms with E-state index in [1.807, 2.05) is 60.7 Å². The molecular formula is C22H16N4O3S. The zero-order chi connectivity index (χ0) is 20.9. The van der Waals surface area contributed by atoms with Crippen LogP contribution < -0.4 is 4.90 Å². The lowest BCUT2D eigenvalue weighted by Crippen LogP contribution is -2.36. The number of rotatable bonds is 6. The number of carboxylic acids is 1. The second-order valence-electron chi connectivity index (χ2n) is 6.26.